The summed E-state index contributed by atoms with van der Waals surface area (Å²) in [4.78, 5) is 0. The summed E-state index contributed by atoms with van der Waals surface area (Å²) in [6.45, 7) is 0.724. The number of nitrogens with zero attached hydrogens (tertiary/aromatic N) is 2. The minimum Gasteiger partial charge on any atom is -0.378 e. The largest absolute Gasteiger partial charge is 0.378 e. The van der Waals surface area contributed by atoms with Gasteiger partial charge in [-0.1, -0.05) is 0 Å². The van der Waals surface area contributed by atoms with Gasteiger partial charge < -0.3 is 11.1 Å². The summed E-state index contributed by atoms with van der Waals surface area (Å²) in [5.41, 5.74) is 5.36. The van der Waals surface area contributed by atoms with E-state index in [4.69, 9.17) is 17.3 Å². The van der Waals surface area contributed by atoms with Crippen molar-refractivity contribution >= 4 is 23.2 Å². The molecule has 1 rings (SSSR count). The van der Waals surface area contributed by atoms with E-state index in [0.29, 0.717) is 11.7 Å². The number of aromatic nitrogens is 2. The molecule has 0 aliphatic carbocycles. The van der Waals surface area contributed by atoms with E-state index >= 15 is 0 Å². The highest BCUT2D eigenvalue weighted by atomic mass is 35.5. The molecule has 0 bridgehead atoms. The Morgan fingerprint density at radius 2 is 2.36 bits per heavy atom. The molecule has 0 radical (unpaired) electrons. The van der Waals surface area contributed by atoms with Crippen molar-refractivity contribution in [1.29, 1.82) is 0 Å². The number of nitrogen functional groups attached to an aromatic ring is 1. The van der Waals surface area contributed by atoms with Gasteiger partial charge in [-0.25, -0.2) is 4.63 Å². The minimum atomic E-state index is 0.277. The Morgan fingerprint density at radius 1 is 1.55 bits per heavy atom. The van der Waals surface area contributed by atoms with Crippen LogP contribution in [-0.2, 0) is 0 Å². The molecule has 1 heterocycles. The summed E-state index contributed by atoms with van der Waals surface area (Å²) in [5, 5.41) is 9.83. The summed E-state index contributed by atoms with van der Waals surface area (Å²) < 4.78 is 4.36. The predicted octanol–water partition coefficient (Wildman–Crippen LogP) is 0.693. The van der Waals surface area contributed by atoms with Gasteiger partial charge in [0.25, 0.3) is 0 Å². The molecular formula is C5H9ClN4O. The van der Waals surface area contributed by atoms with Gasteiger partial charge in [-0.15, -0.1) is 11.6 Å². The number of rotatable bonds is 4. The second-order valence-corrected chi connectivity index (χ2v) is 2.35. The van der Waals surface area contributed by atoms with E-state index in [1.165, 1.54) is 0 Å². The first-order valence-electron chi connectivity index (χ1n) is 3.22. The fraction of sp³-hybridized carbons (Fsp3) is 0.600. The van der Waals surface area contributed by atoms with Crippen molar-refractivity contribution in [1.82, 2.24) is 10.3 Å². The Labute approximate surface area is 68.9 Å². The molecule has 0 fully saturated rings. The van der Waals surface area contributed by atoms with E-state index in [0.717, 1.165) is 13.0 Å². The van der Waals surface area contributed by atoms with Gasteiger partial charge in [0.2, 0.25) is 11.6 Å². The van der Waals surface area contributed by atoms with Crippen molar-refractivity contribution in [2.75, 3.05) is 23.5 Å². The first-order valence-corrected chi connectivity index (χ1v) is 3.76. The number of nitrogens with one attached hydrogen (secondary N) is 1. The van der Waals surface area contributed by atoms with E-state index in [1.807, 2.05) is 0 Å². The predicted molar refractivity (Wildman–Crippen MR) is 42.5 cm³/mol. The Balaban J connectivity index is 2.32. The number of anilines is 2. The first kappa shape index (κ1) is 8.13. The van der Waals surface area contributed by atoms with Gasteiger partial charge in [-0.3, -0.25) is 0 Å². The molecule has 0 saturated heterocycles. The van der Waals surface area contributed by atoms with E-state index in [1.54, 1.807) is 0 Å². The quantitative estimate of drug-likeness (QED) is 0.522. The van der Waals surface area contributed by atoms with Gasteiger partial charge in [0.1, 0.15) is 0 Å². The standard InChI is InChI=1S/C5H9ClN4O/c6-2-1-3-8-5-4(7)9-11-10-5/h1-3H2,(H2,7,9)(H,8,10). The normalized spacial score (nSPS) is 9.91. The van der Waals surface area contributed by atoms with Crippen LogP contribution in [0.25, 0.3) is 0 Å². The SMILES string of the molecule is Nc1nonc1NCCCCl. The van der Waals surface area contributed by atoms with Gasteiger partial charge in [0, 0.05) is 12.4 Å². The third kappa shape index (κ3) is 2.27. The van der Waals surface area contributed by atoms with Crippen molar-refractivity contribution in [3.05, 3.63) is 0 Å². The summed E-state index contributed by atoms with van der Waals surface area (Å²) in [6.07, 6.45) is 0.855. The van der Waals surface area contributed by atoms with E-state index in [2.05, 4.69) is 20.3 Å². The third-order valence-electron chi connectivity index (χ3n) is 1.12. The van der Waals surface area contributed by atoms with Crippen molar-refractivity contribution in [3.8, 4) is 0 Å². The lowest BCUT2D eigenvalue weighted by atomic mass is 10.5. The molecule has 1 aromatic rings. The fourth-order valence-corrected chi connectivity index (χ4v) is 0.725. The van der Waals surface area contributed by atoms with Crippen molar-refractivity contribution in [2.24, 2.45) is 0 Å². The molecule has 62 valence electrons. The number of nitrogens with two attached hydrogens (primary N) is 1. The van der Waals surface area contributed by atoms with Crippen molar-refractivity contribution in [2.45, 2.75) is 6.42 Å². The lowest BCUT2D eigenvalue weighted by molar-refractivity contribution is 0.310. The van der Waals surface area contributed by atoms with Crippen LogP contribution in [0.1, 0.15) is 6.42 Å². The molecule has 6 heteroatoms. The van der Waals surface area contributed by atoms with Crippen LogP contribution >= 0.6 is 11.6 Å². The van der Waals surface area contributed by atoms with Crippen LogP contribution in [0.5, 0.6) is 0 Å². The highest BCUT2D eigenvalue weighted by Gasteiger charge is 2.02. The van der Waals surface area contributed by atoms with Crippen LogP contribution in [0.15, 0.2) is 4.63 Å². The Bertz CT molecular complexity index is 214. The van der Waals surface area contributed by atoms with E-state index < -0.39 is 0 Å². The van der Waals surface area contributed by atoms with Gasteiger partial charge >= 0.3 is 0 Å². The molecule has 0 amide bonds. The topological polar surface area (TPSA) is 77.0 Å². The molecule has 0 aliphatic heterocycles. The second-order valence-electron chi connectivity index (χ2n) is 1.97. The van der Waals surface area contributed by atoms with Crippen LogP contribution in [0.3, 0.4) is 0 Å². The lowest BCUT2D eigenvalue weighted by Gasteiger charge is -1.97. The number of halogens is 1. The molecule has 0 unspecified atom stereocenters. The molecular weight excluding hydrogens is 168 g/mol. The highest BCUT2D eigenvalue weighted by Crippen LogP contribution is 2.09. The Morgan fingerprint density at radius 3 is 2.91 bits per heavy atom. The second kappa shape index (κ2) is 4.02. The van der Waals surface area contributed by atoms with Crippen LogP contribution in [0.4, 0.5) is 11.6 Å². The zero-order valence-corrected chi connectivity index (χ0v) is 6.64. The van der Waals surface area contributed by atoms with Crippen LogP contribution < -0.4 is 11.1 Å². The third-order valence-corrected chi connectivity index (χ3v) is 1.38. The summed E-state index contributed by atoms with van der Waals surface area (Å²) in [7, 11) is 0. The van der Waals surface area contributed by atoms with E-state index in [-0.39, 0.29) is 5.82 Å². The maximum absolute atomic E-state index is 5.45. The van der Waals surface area contributed by atoms with Crippen LogP contribution in [-0.4, -0.2) is 22.7 Å². The summed E-state index contributed by atoms with van der Waals surface area (Å²) in [6, 6.07) is 0. The zero-order chi connectivity index (χ0) is 8.10. The average molecular weight is 177 g/mol. The van der Waals surface area contributed by atoms with E-state index in [9.17, 15) is 0 Å². The molecule has 0 spiro atoms. The molecule has 5 nitrogen and oxygen atoms in total. The van der Waals surface area contributed by atoms with Gasteiger partial charge in [-0.2, -0.15) is 0 Å². The Hall–Kier alpha value is -0.970. The molecule has 1 aromatic heterocycles. The van der Waals surface area contributed by atoms with Gasteiger partial charge in [0.05, 0.1) is 0 Å². The average Bonchev–Trinajstić information content (AvgIpc) is 2.37. The van der Waals surface area contributed by atoms with Crippen LogP contribution in [0, 0.1) is 0 Å². The molecule has 0 aromatic carbocycles. The monoisotopic (exact) mass is 176 g/mol. The lowest BCUT2D eigenvalue weighted by Crippen LogP contribution is -2.04. The van der Waals surface area contributed by atoms with Gasteiger partial charge in [0.15, 0.2) is 0 Å². The molecule has 0 saturated carbocycles. The zero-order valence-electron chi connectivity index (χ0n) is 5.88. The number of hydrogen-bond donors (Lipinski definition) is 2. The Kier molecular flexibility index (Phi) is 2.97. The fourth-order valence-electron chi connectivity index (χ4n) is 0.592. The van der Waals surface area contributed by atoms with Crippen molar-refractivity contribution < 1.29 is 4.63 Å². The summed E-state index contributed by atoms with van der Waals surface area (Å²) in [5.74, 6) is 1.37. The molecule has 11 heavy (non-hydrogen) atoms. The van der Waals surface area contributed by atoms with Crippen LogP contribution in [0.2, 0.25) is 0 Å². The number of hydrogen-bond acceptors (Lipinski definition) is 5. The first-order chi connectivity index (χ1) is 5.34. The maximum atomic E-state index is 5.45. The van der Waals surface area contributed by atoms with Gasteiger partial charge in [-0.05, 0) is 16.7 Å². The molecule has 0 aliphatic rings. The molecule has 0 atom stereocenters. The minimum absolute atomic E-state index is 0.277. The maximum Gasteiger partial charge on any atom is 0.215 e. The molecule has 3 N–H and O–H groups in total. The smallest absolute Gasteiger partial charge is 0.215 e. The van der Waals surface area contributed by atoms with Crippen molar-refractivity contribution in [3.63, 3.8) is 0 Å². The highest BCUT2D eigenvalue weighted by molar-refractivity contribution is 6.17. The summed E-state index contributed by atoms with van der Waals surface area (Å²) >= 11 is 5.45. The number of alkyl halides is 1.